The highest BCUT2D eigenvalue weighted by molar-refractivity contribution is 5.98. The zero-order valence-corrected chi connectivity index (χ0v) is 21.2. The van der Waals surface area contributed by atoms with Gasteiger partial charge in [0, 0.05) is 31.3 Å². The first-order valence-electron chi connectivity index (χ1n) is 11.8. The van der Waals surface area contributed by atoms with E-state index in [4.69, 9.17) is 9.15 Å². The van der Waals surface area contributed by atoms with Gasteiger partial charge in [0.2, 0.25) is 12.3 Å². The summed E-state index contributed by atoms with van der Waals surface area (Å²) in [4.78, 5) is 49.3. The number of carbonyl (C=O) groups excluding carboxylic acids is 4. The van der Waals surface area contributed by atoms with Crippen LogP contribution in [-0.2, 0) is 16.1 Å². The van der Waals surface area contributed by atoms with Crippen molar-refractivity contribution in [2.24, 2.45) is 0 Å². The molecule has 196 valence electrons. The number of furan rings is 1. The number of methoxy groups -OCH3 is 1. The van der Waals surface area contributed by atoms with Crippen molar-refractivity contribution in [1.82, 2.24) is 25.8 Å². The minimum Gasteiger partial charge on any atom is -0.497 e. The Morgan fingerprint density at radius 1 is 1.22 bits per heavy atom. The second-order valence-corrected chi connectivity index (χ2v) is 8.57. The molecule has 0 bridgehead atoms. The third kappa shape index (κ3) is 7.37. The lowest BCUT2D eigenvalue weighted by Crippen LogP contribution is -2.39. The Bertz CT molecular complexity index is 1270. The molecule has 1 unspecified atom stereocenters. The summed E-state index contributed by atoms with van der Waals surface area (Å²) in [6.45, 7) is 2.37. The molecule has 1 aliphatic heterocycles. The number of pyridine rings is 1. The van der Waals surface area contributed by atoms with E-state index in [0.717, 1.165) is 35.2 Å². The normalized spacial score (nSPS) is 14.4. The van der Waals surface area contributed by atoms with Crippen LogP contribution in [0.15, 0.2) is 47.1 Å². The minimum atomic E-state index is -0.312. The molecule has 2 aromatic heterocycles. The van der Waals surface area contributed by atoms with Gasteiger partial charge in [-0.15, -0.1) is 0 Å². The van der Waals surface area contributed by atoms with Gasteiger partial charge < -0.3 is 24.7 Å². The molecule has 0 spiro atoms. The molecular weight excluding hydrogens is 478 g/mol. The van der Waals surface area contributed by atoms with Gasteiger partial charge in [-0.05, 0) is 56.6 Å². The maximum atomic E-state index is 11.7. The standard InChI is InChI=1S/C11H10N2O2.C10H11NO2.C5H10N2O2/c14-11(12-7-1-2-7)9-3-4-10-8(13-9)5-6-15-10;1-11-6-7-3-4-8(13-2)5-9(7)10(11)12;1-4(6-2)5(9)7-3-8/h3-7H,1-2H2,(H,12,14);3-5H,6H2,1-2H3;3-4,6H,1-2H3,(H,7,8,9). The highest BCUT2D eigenvalue weighted by atomic mass is 16.5. The van der Waals surface area contributed by atoms with Gasteiger partial charge in [0.05, 0.1) is 19.4 Å². The van der Waals surface area contributed by atoms with Gasteiger partial charge in [-0.25, -0.2) is 4.98 Å². The van der Waals surface area contributed by atoms with Crippen molar-refractivity contribution in [2.75, 3.05) is 21.2 Å². The topological polar surface area (TPSA) is 143 Å². The molecule has 2 aliphatic rings. The molecule has 1 aromatic carbocycles. The van der Waals surface area contributed by atoms with Gasteiger partial charge in [-0.2, -0.15) is 0 Å². The van der Waals surface area contributed by atoms with Gasteiger partial charge in [-0.3, -0.25) is 24.5 Å². The van der Waals surface area contributed by atoms with E-state index in [-0.39, 0.29) is 23.8 Å². The number of nitrogens with zero attached hydrogens (tertiary/aromatic N) is 2. The predicted molar refractivity (Wildman–Crippen MR) is 136 cm³/mol. The quantitative estimate of drug-likeness (QED) is 0.428. The van der Waals surface area contributed by atoms with Crippen molar-refractivity contribution >= 4 is 35.2 Å². The highest BCUT2D eigenvalue weighted by Crippen LogP contribution is 2.25. The molecule has 5 rings (SSSR count). The number of hydrogen-bond acceptors (Lipinski definition) is 8. The van der Waals surface area contributed by atoms with Crippen molar-refractivity contribution < 1.29 is 28.3 Å². The van der Waals surface area contributed by atoms with Crippen molar-refractivity contribution in [2.45, 2.75) is 38.4 Å². The smallest absolute Gasteiger partial charge is 0.270 e. The van der Waals surface area contributed by atoms with Gasteiger partial charge in [0.25, 0.3) is 11.8 Å². The van der Waals surface area contributed by atoms with E-state index >= 15 is 0 Å². The number of rotatable bonds is 6. The van der Waals surface area contributed by atoms with E-state index in [1.54, 1.807) is 63.6 Å². The fraction of sp³-hybridized carbons (Fsp3) is 0.346. The minimum absolute atomic E-state index is 0.0777. The summed E-state index contributed by atoms with van der Waals surface area (Å²) in [5.74, 6) is 0.407. The van der Waals surface area contributed by atoms with E-state index in [0.29, 0.717) is 30.3 Å². The largest absolute Gasteiger partial charge is 0.497 e. The van der Waals surface area contributed by atoms with E-state index < -0.39 is 0 Å². The molecule has 3 N–H and O–H groups in total. The number of ether oxygens (including phenoxy) is 1. The summed E-state index contributed by atoms with van der Waals surface area (Å²) < 4.78 is 10.2. The van der Waals surface area contributed by atoms with Gasteiger partial charge in [0.15, 0.2) is 5.58 Å². The summed E-state index contributed by atoms with van der Waals surface area (Å²) in [6, 6.07) is 10.9. The third-order valence-electron chi connectivity index (χ3n) is 5.78. The fourth-order valence-electron chi connectivity index (χ4n) is 3.33. The predicted octanol–water partition coefficient (Wildman–Crippen LogP) is 1.87. The maximum absolute atomic E-state index is 11.7. The molecule has 3 aromatic rings. The number of aromatic nitrogens is 1. The van der Waals surface area contributed by atoms with Crippen LogP contribution >= 0.6 is 0 Å². The number of nitrogens with one attached hydrogen (secondary N) is 3. The molecule has 1 atom stereocenters. The second kappa shape index (κ2) is 12.6. The summed E-state index contributed by atoms with van der Waals surface area (Å²) in [6.07, 6.45) is 4.11. The molecule has 0 saturated heterocycles. The van der Waals surface area contributed by atoms with E-state index in [1.807, 2.05) is 17.4 Å². The first-order chi connectivity index (χ1) is 17.8. The van der Waals surface area contributed by atoms with E-state index in [9.17, 15) is 19.2 Å². The Balaban J connectivity index is 0.000000160. The Hall–Kier alpha value is -4.25. The van der Waals surface area contributed by atoms with Crippen molar-refractivity contribution in [3.05, 3.63) is 59.5 Å². The van der Waals surface area contributed by atoms with Crippen molar-refractivity contribution in [3.63, 3.8) is 0 Å². The van der Waals surface area contributed by atoms with Crippen LogP contribution in [0.25, 0.3) is 11.1 Å². The zero-order chi connectivity index (χ0) is 26.9. The number of amides is 4. The second-order valence-electron chi connectivity index (χ2n) is 8.57. The molecule has 0 radical (unpaired) electrons. The SMILES string of the molecule is CNC(C)C(=O)NC=O.COc1ccc2c(c1)C(=O)N(C)C2.O=C(NC1CC1)c1ccc2occc2n1. The molecule has 37 heavy (non-hydrogen) atoms. The molecule has 4 amide bonds. The Morgan fingerprint density at radius 3 is 2.62 bits per heavy atom. The number of fused-ring (bicyclic) bond motifs is 2. The number of imide groups is 1. The third-order valence-corrected chi connectivity index (χ3v) is 5.78. The van der Waals surface area contributed by atoms with Gasteiger partial charge in [0.1, 0.15) is 17.0 Å². The number of carbonyl (C=O) groups is 4. The van der Waals surface area contributed by atoms with E-state index in [1.165, 1.54) is 0 Å². The molecule has 3 heterocycles. The van der Waals surface area contributed by atoms with E-state index in [2.05, 4.69) is 15.6 Å². The van der Waals surface area contributed by atoms with Crippen molar-refractivity contribution in [3.8, 4) is 5.75 Å². The van der Waals surface area contributed by atoms with Crippen LogP contribution in [0, 0.1) is 0 Å². The first kappa shape index (κ1) is 27.3. The molecule has 1 saturated carbocycles. The number of benzene rings is 1. The molecule has 1 fully saturated rings. The van der Waals surface area contributed by atoms with Crippen molar-refractivity contribution in [1.29, 1.82) is 0 Å². The maximum Gasteiger partial charge on any atom is 0.270 e. The monoisotopic (exact) mass is 509 g/mol. The zero-order valence-electron chi connectivity index (χ0n) is 21.2. The van der Waals surface area contributed by atoms with Crippen LogP contribution in [0.4, 0.5) is 0 Å². The lowest BCUT2D eigenvalue weighted by atomic mass is 10.1. The first-order valence-corrected chi connectivity index (χ1v) is 11.8. The molecule has 11 nitrogen and oxygen atoms in total. The molecule has 1 aliphatic carbocycles. The summed E-state index contributed by atoms with van der Waals surface area (Å²) in [5.41, 5.74) is 3.72. The average molecular weight is 510 g/mol. The van der Waals surface area contributed by atoms with Gasteiger partial charge in [-0.1, -0.05) is 6.07 Å². The molecule has 11 heteroatoms. The lowest BCUT2D eigenvalue weighted by molar-refractivity contribution is -0.126. The average Bonchev–Trinajstić information content (AvgIpc) is 3.51. The Morgan fingerprint density at radius 2 is 1.97 bits per heavy atom. The van der Waals surface area contributed by atoms with Crippen LogP contribution in [-0.4, -0.2) is 67.3 Å². The Kier molecular flexibility index (Phi) is 9.33. The van der Waals surface area contributed by atoms with Crippen LogP contribution < -0.4 is 20.7 Å². The summed E-state index contributed by atoms with van der Waals surface area (Å²) >= 11 is 0. The lowest BCUT2D eigenvalue weighted by Gasteiger charge is -2.05. The van der Waals surface area contributed by atoms with Crippen LogP contribution in [0.1, 0.15) is 46.2 Å². The number of hydrogen-bond donors (Lipinski definition) is 3. The van der Waals surface area contributed by atoms with Crippen LogP contribution in [0.2, 0.25) is 0 Å². The molecular formula is C26H31N5O6. The number of likely N-dealkylation sites (N-methyl/N-ethyl adjacent to an activating group) is 1. The Labute approximate surface area is 214 Å². The summed E-state index contributed by atoms with van der Waals surface area (Å²) in [7, 11) is 5.05. The summed E-state index contributed by atoms with van der Waals surface area (Å²) in [5, 5.41) is 7.59. The van der Waals surface area contributed by atoms with Crippen LogP contribution in [0.5, 0.6) is 5.75 Å². The fourth-order valence-corrected chi connectivity index (χ4v) is 3.33. The van der Waals surface area contributed by atoms with Gasteiger partial charge >= 0.3 is 0 Å². The van der Waals surface area contributed by atoms with Crippen LogP contribution in [0.3, 0.4) is 0 Å². The highest BCUT2D eigenvalue weighted by Gasteiger charge is 2.25.